The number of rotatable bonds is 2. The van der Waals surface area contributed by atoms with Gasteiger partial charge in [0, 0.05) is 43.4 Å². The summed E-state index contributed by atoms with van der Waals surface area (Å²) in [6.07, 6.45) is 2.00. The maximum absolute atomic E-state index is 9.60. The third kappa shape index (κ3) is 7.24. The number of fused-ring (bicyclic) bond motifs is 2. The first-order valence-electron chi connectivity index (χ1n) is 11.5. The van der Waals surface area contributed by atoms with Crippen molar-refractivity contribution in [3.63, 3.8) is 0 Å². The third-order valence-electron chi connectivity index (χ3n) is 5.22. The number of ether oxygens (including phenoxy) is 2. The predicted molar refractivity (Wildman–Crippen MR) is 140 cm³/mol. The molecule has 8 heteroatoms. The van der Waals surface area contributed by atoms with Gasteiger partial charge in [-0.3, -0.25) is 4.79 Å². The van der Waals surface area contributed by atoms with Gasteiger partial charge in [0.1, 0.15) is 24.1 Å². The number of carbonyl (C=O) groups excluding carboxylic acids is 1. The van der Waals surface area contributed by atoms with Crippen molar-refractivity contribution < 1.29 is 14.3 Å². The van der Waals surface area contributed by atoms with Crippen LogP contribution in [0, 0.1) is 6.92 Å². The summed E-state index contributed by atoms with van der Waals surface area (Å²) in [4.78, 5) is 14.3. The number of hydrogen-bond donors (Lipinski definition) is 1. The van der Waals surface area contributed by atoms with E-state index in [1.54, 1.807) is 0 Å². The topological polar surface area (TPSA) is 54.0 Å². The fourth-order valence-corrected chi connectivity index (χ4v) is 4.91. The fraction of sp³-hybridized carbons (Fsp3) is 0.560. The number of dihydropyridines is 1. The van der Waals surface area contributed by atoms with Gasteiger partial charge in [-0.1, -0.05) is 31.5 Å². The zero-order valence-electron chi connectivity index (χ0n) is 20.9. The van der Waals surface area contributed by atoms with Crippen molar-refractivity contribution in [2.45, 2.75) is 53.3 Å². The van der Waals surface area contributed by atoms with Crippen LogP contribution in [0.1, 0.15) is 40.2 Å². The Morgan fingerprint density at radius 1 is 1.24 bits per heavy atom. The second-order valence-electron chi connectivity index (χ2n) is 8.73. The lowest BCUT2D eigenvalue weighted by molar-refractivity contribution is -0.138. The molecule has 0 aliphatic carbocycles. The lowest BCUT2D eigenvalue weighted by Crippen LogP contribution is -2.47. The SMILES string of the molecule is CC.CC(C)(C)OC=O.Cc1ccc2c(c1)N(C)C1NC=C(Cl)C(N3CCSCC3)=C1CO2. The molecule has 0 aromatic heterocycles. The number of carbonyl (C=O) groups is 1. The Hall–Kier alpha value is -1.99. The maximum atomic E-state index is 9.60. The molecule has 3 aliphatic heterocycles. The molecule has 3 heterocycles. The number of halogens is 1. The van der Waals surface area contributed by atoms with E-state index in [9.17, 15) is 4.79 Å². The Balaban J connectivity index is 0.000000370. The van der Waals surface area contributed by atoms with Crippen molar-refractivity contribution in [1.82, 2.24) is 10.2 Å². The van der Waals surface area contributed by atoms with Gasteiger partial charge >= 0.3 is 0 Å². The smallest absolute Gasteiger partial charge is 0.293 e. The Morgan fingerprint density at radius 3 is 2.48 bits per heavy atom. The standard InChI is InChI=1S/C18H22ClN3OS.C5H10O2.C2H6/c1-12-3-4-16-15(9-12)21(2)18-13(11-23-16)17(14(19)10-20-18)22-5-7-24-8-6-22;1-5(2,3)7-4-6;1-2/h3-4,9-10,18,20H,5-8,11H2,1-2H3;4H,1-3H3;1-2H3. The molecule has 1 unspecified atom stereocenters. The first kappa shape index (κ1) is 27.3. The summed E-state index contributed by atoms with van der Waals surface area (Å²) in [7, 11) is 2.11. The Labute approximate surface area is 208 Å². The molecule has 0 bridgehead atoms. The minimum absolute atomic E-state index is 0.0696. The van der Waals surface area contributed by atoms with E-state index in [4.69, 9.17) is 16.3 Å². The Kier molecular flexibility index (Phi) is 10.3. The van der Waals surface area contributed by atoms with E-state index < -0.39 is 0 Å². The van der Waals surface area contributed by atoms with E-state index in [0.29, 0.717) is 13.1 Å². The lowest BCUT2D eigenvalue weighted by Gasteiger charge is -2.38. The predicted octanol–water partition coefficient (Wildman–Crippen LogP) is 5.12. The quantitative estimate of drug-likeness (QED) is 0.571. The average molecular weight is 496 g/mol. The summed E-state index contributed by atoms with van der Waals surface area (Å²) in [5.74, 6) is 3.22. The molecule has 6 nitrogen and oxygen atoms in total. The van der Waals surface area contributed by atoms with Crippen molar-refractivity contribution in [2.24, 2.45) is 0 Å². The van der Waals surface area contributed by atoms with Crippen LogP contribution in [-0.2, 0) is 9.53 Å². The second-order valence-corrected chi connectivity index (χ2v) is 10.4. The fourth-order valence-electron chi connectivity index (χ4n) is 3.70. The van der Waals surface area contributed by atoms with Crippen LogP contribution in [0.3, 0.4) is 0 Å². The van der Waals surface area contributed by atoms with E-state index in [-0.39, 0.29) is 11.8 Å². The largest absolute Gasteiger partial charge is 0.487 e. The summed E-state index contributed by atoms with van der Waals surface area (Å²) in [5, 5.41) is 4.24. The Bertz CT molecular complexity index is 861. The number of anilines is 1. The monoisotopic (exact) mass is 495 g/mol. The molecule has 1 N–H and O–H groups in total. The minimum atomic E-state index is -0.318. The molecular formula is C25H38ClN3O3S. The van der Waals surface area contributed by atoms with Gasteiger partial charge in [-0.25, -0.2) is 0 Å². The van der Waals surface area contributed by atoms with Crippen LogP contribution in [0.2, 0.25) is 0 Å². The van der Waals surface area contributed by atoms with E-state index in [2.05, 4.69) is 52.0 Å². The van der Waals surface area contributed by atoms with Gasteiger partial charge in [0.2, 0.25) is 0 Å². The van der Waals surface area contributed by atoms with Gasteiger partial charge < -0.3 is 24.6 Å². The number of nitrogens with zero attached hydrogens (tertiary/aromatic N) is 2. The van der Waals surface area contributed by atoms with Crippen LogP contribution in [0.25, 0.3) is 0 Å². The second kappa shape index (κ2) is 12.5. The summed E-state index contributed by atoms with van der Waals surface area (Å²) >= 11 is 8.60. The maximum Gasteiger partial charge on any atom is 0.293 e. The Morgan fingerprint density at radius 2 is 1.91 bits per heavy atom. The van der Waals surface area contributed by atoms with Crippen molar-refractivity contribution in [1.29, 1.82) is 0 Å². The molecule has 0 saturated carbocycles. The zero-order valence-corrected chi connectivity index (χ0v) is 22.5. The molecule has 0 radical (unpaired) electrons. The normalized spacial score (nSPS) is 19.6. The number of nitrogens with one attached hydrogen (secondary N) is 1. The third-order valence-corrected chi connectivity index (χ3v) is 6.45. The molecule has 3 aliphatic rings. The van der Waals surface area contributed by atoms with E-state index >= 15 is 0 Å². The van der Waals surface area contributed by atoms with Gasteiger partial charge in [0.15, 0.2) is 0 Å². The first-order chi connectivity index (χ1) is 15.7. The number of benzene rings is 1. The van der Waals surface area contributed by atoms with Crippen molar-refractivity contribution >= 4 is 35.5 Å². The van der Waals surface area contributed by atoms with E-state index in [1.807, 2.05) is 52.6 Å². The molecule has 1 fully saturated rings. The summed E-state index contributed by atoms with van der Waals surface area (Å²) in [6.45, 7) is 14.7. The average Bonchev–Trinajstić information content (AvgIpc) is 2.92. The highest BCUT2D eigenvalue weighted by Gasteiger charge is 2.34. The lowest BCUT2D eigenvalue weighted by atomic mass is 10.1. The number of likely N-dealkylation sites (N-methyl/N-ethyl adjacent to an activating group) is 1. The molecule has 0 amide bonds. The van der Waals surface area contributed by atoms with Gasteiger partial charge in [0.25, 0.3) is 6.47 Å². The molecule has 0 spiro atoms. The zero-order chi connectivity index (χ0) is 24.6. The molecular weight excluding hydrogens is 458 g/mol. The number of allylic oxidation sites excluding steroid dienone is 1. The van der Waals surface area contributed by atoms with Crippen LogP contribution in [-0.4, -0.2) is 61.4 Å². The summed E-state index contributed by atoms with van der Waals surface area (Å²) < 4.78 is 10.7. The molecule has 4 rings (SSSR count). The van der Waals surface area contributed by atoms with Crippen LogP contribution >= 0.6 is 23.4 Å². The molecule has 1 atom stereocenters. The minimum Gasteiger partial charge on any atom is -0.487 e. The summed E-state index contributed by atoms with van der Waals surface area (Å²) in [5.41, 5.74) is 4.39. The van der Waals surface area contributed by atoms with E-state index in [0.717, 1.165) is 46.8 Å². The van der Waals surface area contributed by atoms with Crippen molar-refractivity contribution in [3.8, 4) is 5.75 Å². The molecule has 33 heavy (non-hydrogen) atoms. The van der Waals surface area contributed by atoms with Gasteiger partial charge in [0.05, 0.1) is 16.4 Å². The van der Waals surface area contributed by atoms with Crippen LogP contribution < -0.4 is 15.0 Å². The highest BCUT2D eigenvalue weighted by atomic mass is 35.5. The molecule has 184 valence electrons. The van der Waals surface area contributed by atoms with Crippen LogP contribution in [0.5, 0.6) is 5.75 Å². The number of aryl methyl sites for hydroxylation is 1. The van der Waals surface area contributed by atoms with Crippen LogP contribution in [0.4, 0.5) is 5.69 Å². The van der Waals surface area contributed by atoms with Gasteiger partial charge in [-0.05, 0) is 45.4 Å². The van der Waals surface area contributed by atoms with Crippen LogP contribution in [0.15, 0.2) is 40.7 Å². The molecule has 1 saturated heterocycles. The molecule has 1 aromatic carbocycles. The number of thioether (sulfide) groups is 1. The molecule has 1 aromatic rings. The van der Waals surface area contributed by atoms with Gasteiger partial charge in [-0.15, -0.1) is 0 Å². The number of hydrogen-bond acceptors (Lipinski definition) is 7. The highest BCUT2D eigenvalue weighted by molar-refractivity contribution is 7.99. The summed E-state index contributed by atoms with van der Waals surface area (Å²) in [6, 6.07) is 6.33. The highest BCUT2D eigenvalue weighted by Crippen LogP contribution is 2.38. The first-order valence-corrected chi connectivity index (χ1v) is 13.0. The van der Waals surface area contributed by atoms with Crippen molar-refractivity contribution in [3.05, 3.63) is 46.3 Å². The van der Waals surface area contributed by atoms with Crippen molar-refractivity contribution in [2.75, 3.05) is 43.1 Å². The van der Waals surface area contributed by atoms with Gasteiger partial charge in [-0.2, -0.15) is 11.8 Å². The van der Waals surface area contributed by atoms with E-state index in [1.165, 1.54) is 11.1 Å².